The van der Waals surface area contributed by atoms with Crippen molar-refractivity contribution in [1.82, 2.24) is 4.90 Å². The first-order valence-corrected chi connectivity index (χ1v) is 6.62. The van der Waals surface area contributed by atoms with E-state index in [4.69, 9.17) is 10.00 Å². The number of methoxy groups -OCH3 is 1. The van der Waals surface area contributed by atoms with Gasteiger partial charge in [0.15, 0.2) is 0 Å². The predicted molar refractivity (Wildman–Crippen MR) is 72.7 cm³/mol. The number of hydrogen-bond acceptors (Lipinski definition) is 5. The van der Waals surface area contributed by atoms with Gasteiger partial charge in [-0.25, -0.2) is 4.79 Å². The van der Waals surface area contributed by atoms with Crippen LogP contribution >= 0.6 is 0 Å². The Hall–Kier alpha value is -1.90. The number of carbonyl (C=O) groups is 1. The fourth-order valence-corrected chi connectivity index (χ4v) is 2.63. The lowest BCUT2D eigenvalue weighted by Crippen LogP contribution is -2.33. The van der Waals surface area contributed by atoms with Crippen molar-refractivity contribution in [3.8, 4) is 6.07 Å². The minimum absolute atomic E-state index is 0.128. The molecule has 0 saturated carbocycles. The number of rotatable bonds is 4. The summed E-state index contributed by atoms with van der Waals surface area (Å²) in [6, 6.07) is 8.59. The molecule has 1 fully saturated rings. The summed E-state index contributed by atoms with van der Waals surface area (Å²) in [5, 5.41) is 18.2. The molecule has 0 unspecified atom stereocenters. The van der Waals surface area contributed by atoms with Gasteiger partial charge in [-0.05, 0) is 36.6 Å². The molecule has 1 aliphatic heterocycles. The van der Waals surface area contributed by atoms with E-state index < -0.39 is 6.04 Å². The molecule has 1 aromatic carbocycles. The van der Waals surface area contributed by atoms with E-state index >= 15 is 0 Å². The Morgan fingerprint density at radius 1 is 1.65 bits per heavy atom. The highest BCUT2D eigenvalue weighted by molar-refractivity contribution is 5.77. The predicted octanol–water partition coefficient (Wildman–Crippen LogP) is 1.09. The lowest BCUT2D eigenvalue weighted by Gasteiger charge is -2.26. The molecule has 1 saturated heterocycles. The third-order valence-corrected chi connectivity index (χ3v) is 3.70. The summed E-state index contributed by atoms with van der Waals surface area (Å²) in [5.74, 6) is -0.139. The largest absolute Gasteiger partial charge is 0.468 e. The SMILES string of the molecule is COC(=O)[C@H](c1cccc(C#N)c1)N1CC[C@H](CO)C1. The highest BCUT2D eigenvalue weighted by Crippen LogP contribution is 2.29. The van der Waals surface area contributed by atoms with Crippen LogP contribution in [0.15, 0.2) is 24.3 Å². The number of likely N-dealkylation sites (tertiary alicyclic amines) is 1. The molecular formula is C15H18N2O3. The maximum Gasteiger partial charge on any atom is 0.327 e. The van der Waals surface area contributed by atoms with E-state index in [2.05, 4.69) is 6.07 Å². The zero-order valence-corrected chi connectivity index (χ0v) is 11.5. The smallest absolute Gasteiger partial charge is 0.327 e. The molecule has 0 aromatic heterocycles. The van der Waals surface area contributed by atoms with Crippen molar-refractivity contribution in [2.75, 3.05) is 26.8 Å². The molecule has 1 heterocycles. The van der Waals surface area contributed by atoms with Gasteiger partial charge in [-0.2, -0.15) is 5.26 Å². The van der Waals surface area contributed by atoms with Crippen LogP contribution in [0, 0.1) is 17.2 Å². The highest BCUT2D eigenvalue weighted by Gasteiger charge is 2.34. The van der Waals surface area contributed by atoms with E-state index in [1.807, 2.05) is 11.0 Å². The Morgan fingerprint density at radius 2 is 2.45 bits per heavy atom. The van der Waals surface area contributed by atoms with E-state index in [1.165, 1.54) is 7.11 Å². The van der Waals surface area contributed by atoms with Gasteiger partial charge in [-0.15, -0.1) is 0 Å². The third-order valence-electron chi connectivity index (χ3n) is 3.70. The number of ether oxygens (including phenoxy) is 1. The van der Waals surface area contributed by atoms with Crippen molar-refractivity contribution < 1.29 is 14.6 Å². The van der Waals surface area contributed by atoms with Crippen LogP contribution < -0.4 is 0 Å². The van der Waals surface area contributed by atoms with Crippen LogP contribution in [-0.2, 0) is 9.53 Å². The van der Waals surface area contributed by atoms with Crippen LogP contribution in [0.4, 0.5) is 0 Å². The third kappa shape index (κ3) is 2.98. The Balaban J connectivity index is 2.28. The highest BCUT2D eigenvalue weighted by atomic mass is 16.5. The second-order valence-electron chi connectivity index (χ2n) is 5.00. The van der Waals surface area contributed by atoms with Crippen LogP contribution in [0.2, 0.25) is 0 Å². The molecule has 2 rings (SSSR count). The molecule has 106 valence electrons. The number of aliphatic hydroxyl groups is 1. The van der Waals surface area contributed by atoms with Crippen LogP contribution in [0.5, 0.6) is 0 Å². The first kappa shape index (κ1) is 14.5. The maximum absolute atomic E-state index is 12.1. The van der Waals surface area contributed by atoms with Gasteiger partial charge in [0.05, 0.1) is 18.7 Å². The summed E-state index contributed by atoms with van der Waals surface area (Å²) < 4.78 is 4.90. The summed E-state index contributed by atoms with van der Waals surface area (Å²) in [5.41, 5.74) is 1.28. The molecule has 1 aliphatic rings. The van der Waals surface area contributed by atoms with E-state index in [0.29, 0.717) is 12.1 Å². The van der Waals surface area contributed by atoms with Crippen molar-refractivity contribution in [2.45, 2.75) is 12.5 Å². The van der Waals surface area contributed by atoms with E-state index in [9.17, 15) is 9.90 Å². The minimum Gasteiger partial charge on any atom is -0.468 e. The number of carbonyl (C=O) groups excluding carboxylic acids is 1. The van der Waals surface area contributed by atoms with Gasteiger partial charge in [0.25, 0.3) is 0 Å². The average Bonchev–Trinajstić information content (AvgIpc) is 2.96. The van der Waals surface area contributed by atoms with Gasteiger partial charge in [0.2, 0.25) is 0 Å². The van der Waals surface area contributed by atoms with Crippen molar-refractivity contribution in [1.29, 1.82) is 5.26 Å². The summed E-state index contributed by atoms with van der Waals surface area (Å²) in [7, 11) is 1.36. The number of nitrogens with zero attached hydrogens (tertiary/aromatic N) is 2. The summed E-state index contributed by atoms with van der Waals surface area (Å²) >= 11 is 0. The summed E-state index contributed by atoms with van der Waals surface area (Å²) in [4.78, 5) is 14.1. The zero-order chi connectivity index (χ0) is 14.5. The Morgan fingerprint density at radius 3 is 3.05 bits per heavy atom. The van der Waals surface area contributed by atoms with Crippen molar-refractivity contribution >= 4 is 5.97 Å². The second-order valence-corrected chi connectivity index (χ2v) is 5.00. The van der Waals surface area contributed by atoms with E-state index in [-0.39, 0.29) is 18.5 Å². The lowest BCUT2D eigenvalue weighted by molar-refractivity contribution is -0.147. The van der Waals surface area contributed by atoms with E-state index in [0.717, 1.165) is 18.5 Å². The summed E-state index contributed by atoms with van der Waals surface area (Å²) in [6.07, 6.45) is 0.863. The van der Waals surface area contributed by atoms with Crippen LogP contribution in [0.3, 0.4) is 0 Å². The zero-order valence-electron chi connectivity index (χ0n) is 11.5. The number of nitriles is 1. The van der Waals surface area contributed by atoms with Crippen LogP contribution in [-0.4, -0.2) is 42.8 Å². The number of benzene rings is 1. The van der Waals surface area contributed by atoms with Gasteiger partial charge in [-0.3, -0.25) is 4.90 Å². The molecule has 0 bridgehead atoms. The van der Waals surface area contributed by atoms with Gasteiger partial charge < -0.3 is 9.84 Å². The second kappa shape index (κ2) is 6.51. The molecule has 20 heavy (non-hydrogen) atoms. The Labute approximate surface area is 118 Å². The van der Waals surface area contributed by atoms with Gasteiger partial charge in [0, 0.05) is 13.2 Å². The van der Waals surface area contributed by atoms with Crippen LogP contribution in [0.25, 0.3) is 0 Å². The summed E-state index contributed by atoms with van der Waals surface area (Å²) in [6.45, 7) is 1.53. The van der Waals surface area contributed by atoms with Crippen molar-refractivity contribution in [2.24, 2.45) is 5.92 Å². The molecular weight excluding hydrogens is 256 g/mol. The standard InChI is InChI=1S/C15H18N2O3/c1-20-15(19)14(17-6-5-12(9-17)10-18)13-4-2-3-11(7-13)8-16/h2-4,7,12,14,18H,5-6,9-10H2,1H3/t12-,14-/m0/s1. The maximum atomic E-state index is 12.1. The normalized spacial score (nSPS) is 20.4. The molecule has 0 aliphatic carbocycles. The Kier molecular flexibility index (Phi) is 4.72. The first-order valence-electron chi connectivity index (χ1n) is 6.62. The van der Waals surface area contributed by atoms with Crippen LogP contribution in [0.1, 0.15) is 23.6 Å². The molecule has 5 nitrogen and oxygen atoms in total. The first-order chi connectivity index (χ1) is 9.69. The monoisotopic (exact) mass is 274 g/mol. The quantitative estimate of drug-likeness (QED) is 0.832. The van der Waals surface area contributed by atoms with Crippen molar-refractivity contribution in [3.05, 3.63) is 35.4 Å². The van der Waals surface area contributed by atoms with E-state index in [1.54, 1.807) is 18.2 Å². The molecule has 0 spiro atoms. The number of esters is 1. The topological polar surface area (TPSA) is 73.6 Å². The van der Waals surface area contributed by atoms with Crippen molar-refractivity contribution in [3.63, 3.8) is 0 Å². The molecule has 0 radical (unpaired) electrons. The minimum atomic E-state index is -0.509. The lowest BCUT2D eigenvalue weighted by atomic mass is 10.0. The molecule has 5 heteroatoms. The van der Waals surface area contributed by atoms with Gasteiger partial charge >= 0.3 is 5.97 Å². The molecule has 0 amide bonds. The van der Waals surface area contributed by atoms with Gasteiger partial charge in [-0.1, -0.05) is 12.1 Å². The average molecular weight is 274 g/mol. The number of hydrogen-bond donors (Lipinski definition) is 1. The fraction of sp³-hybridized carbons (Fsp3) is 0.467. The van der Waals surface area contributed by atoms with Gasteiger partial charge in [0.1, 0.15) is 6.04 Å². The molecule has 1 N–H and O–H groups in total. The fourth-order valence-electron chi connectivity index (χ4n) is 2.63. The Bertz CT molecular complexity index is 524. The molecule has 1 aromatic rings. The molecule has 2 atom stereocenters. The number of aliphatic hydroxyl groups excluding tert-OH is 1.